The van der Waals surface area contributed by atoms with Crippen LogP contribution in [-0.2, 0) is 4.79 Å². The predicted molar refractivity (Wildman–Crippen MR) is 519 cm³/mol. The topological polar surface area (TPSA) is 170 Å². The normalized spacial score (nSPS) is 13.2. The molecule has 606 valence electrons. The zero-order valence-electron chi connectivity index (χ0n) is 68.4. The summed E-state index contributed by atoms with van der Waals surface area (Å²) in [6, 6.07) is 121. The molecule has 2 unspecified atom stereocenters. The van der Waals surface area contributed by atoms with Crippen molar-refractivity contribution in [1.82, 2.24) is 39.9 Å². The third-order valence-corrected chi connectivity index (χ3v) is 23.3. The number of carbonyl (C=O) groups excluding carboxylic acids is 1. The molecule has 20 rings (SSSR count). The summed E-state index contributed by atoms with van der Waals surface area (Å²) < 4.78 is 8.46. The van der Waals surface area contributed by atoms with E-state index in [1.165, 1.54) is 15.6 Å². The molecule has 15 heteroatoms. The van der Waals surface area contributed by atoms with Gasteiger partial charge in [-0.1, -0.05) is 267 Å². The molecule has 1 aliphatic heterocycles. The van der Waals surface area contributed by atoms with E-state index in [1.807, 2.05) is 286 Å². The summed E-state index contributed by atoms with van der Waals surface area (Å²) in [5, 5.41) is 3.98. The maximum Gasteiger partial charge on any atom is 0.255 e. The van der Waals surface area contributed by atoms with Gasteiger partial charge in [-0.2, -0.15) is 0 Å². The van der Waals surface area contributed by atoms with Crippen LogP contribution in [0, 0.1) is 0 Å². The number of aliphatic imine (C=N–C) groups is 2. The zero-order chi connectivity index (χ0) is 85.4. The Morgan fingerprint density at radius 3 is 1.29 bits per heavy atom. The van der Waals surface area contributed by atoms with E-state index >= 15 is 0 Å². The van der Waals surface area contributed by atoms with Crippen LogP contribution in [0.15, 0.2) is 464 Å². The number of thiazole rings is 1. The van der Waals surface area contributed by atoms with Crippen LogP contribution in [0.3, 0.4) is 0 Å². The summed E-state index contributed by atoms with van der Waals surface area (Å²) in [5.74, 6) is 1.97. The number of amidine groups is 1. The number of hydrogen-bond donors (Lipinski definition) is 1. The molecule has 18 aromatic rings. The number of allylic oxidation sites excluding steroid dienone is 2. The molecule has 2 atom stereocenters. The van der Waals surface area contributed by atoms with Crippen LogP contribution in [0.1, 0.15) is 71.5 Å². The molecule has 8 aromatic heterocycles. The number of carbonyl (C=O) groups is 1. The van der Waals surface area contributed by atoms with E-state index in [0.717, 1.165) is 127 Å². The summed E-state index contributed by atoms with van der Waals surface area (Å²) >= 11 is 1.85. The van der Waals surface area contributed by atoms with Gasteiger partial charge in [0.1, 0.15) is 16.7 Å². The molecule has 0 spiro atoms. The van der Waals surface area contributed by atoms with Crippen LogP contribution in [-0.4, -0.2) is 71.8 Å². The Morgan fingerprint density at radius 1 is 0.349 bits per heavy atom. The molecule has 126 heavy (non-hydrogen) atoms. The number of benzene rings is 10. The molecule has 0 saturated carbocycles. The molecule has 0 fully saturated rings. The van der Waals surface area contributed by atoms with E-state index in [1.54, 1.807) is 54.7 Å². The first-order valence-corrected chi connectivity index (χ1v) is 43.6. The van der Waals surface area contributed by atoms with E-state index in [4.69, 9.17) is 29.4 Å². The fourth-order valence-electron chi connectivity index (χ4n) is 13.7. The number of pyridine rings is 5. The Balaban J connectivity index is 0.000000116. The maximum atomic E-state index is 12.9. The van der Waals surface area contributed by atoms with Gasteiger partial charge in [0, 0.05) is 89.0 Å². The third-order valence-electron chi connectivity index (χ3n) is 20.0. The average Bonchev–Trinajstić information content (AvgIpc) is 1.65. The summed E-state index contributed by atoms with van der Waals surface area (Å²) in [5.41, 5.74) is 21.4. The van der Waals surface area contributed by atoms with Crippen LogP contribution in [0.5, 0.6) is 0 Å². The minimum atomic E-state index is -0.0994. The van der Waals surface area contributed by atoms with Gasteiger partial charge in [-0.15, -0.1) is 11.3 Å². The minimum absolute atomic E-state index is 0.0374. The molecule has 9 heterocycles. The summed E-state index contributed by atoms with van der Waals surface area (Å²) in [4.78, 5) is 59.2. The molecule has 1 N–H and O–H groups in total. The number of nitrogens with zero attached hydrogens (tertiary/aromatic N) is 10. The first-order valence-electron chi connectivity index (χ1n) is 41.1. The summed E-state index contributed by atoms with van der Waals surface area (Å²) in [6.45, 7) is 0. The molecule has 10 aromatic carbocycles. The molecule has 0 saturated heterocycles. The molecule has 0 radical (unpaired) electrons. The number of anilines is 1. The van der Waals surface area contributed by atoms with Gasteiger partial charge in [0.25, 0.3) is 5.91 Å². The van der Waals surface area contributed by atoms with Crippen molar-refractivity contribution < 1.29 is 9.21 Å². The van der Waals surface area contributed by atoms with Crippen molar-refractivity contribution in [3.05, 3.63) is 509 Å². The first kappa shape index (κ1) is 83.6. The van der Waals surface area contributed by atoms with Crippen LogP contribution < -0.4 is 5.32 Å². The fraction of sp³-hybridized carbons (Fsp3) is 0.0180. The Bertz CT molecular complexity index is 6340. The van der Waals surface area contributed by atoms with Gasteiger partial charge >= 0.3 is 153 Å². The van der Waals surface area contributed by atoms with Crippen molar-refractivity contribution in [2.75, 3.05) is 5.32 Å². The van der Waals surface area contributed by atoms with Crippen molar-refractivity contribution in [3.63, 3.8) is 0 Å². The number of aromatic nitrogens is 8. The van der Waals surface area contributed by atoms with Crippen molar-refractivity contribution in [1.29, 1.82) is 0 Å². The van der Waals surface area contributed by atoms with Crippen LogP contribution in [0.25, 0.3) is 114 Å². The molecular weight excluding hydrogens is 1630 g/mol. The van der Waals surface area contributed by atoms with E-state index in [2.05, 4.69) is 188 Å². The van der Waals surface area contributed by atoms with Gasteiger partial charge in [0.2, 0.25) is 5.89 Å². The van der Waals surface area contributed by atoms with Crippen molar-refractivity contribution in [3.8, 4) is 65.9 Å². The molecule has 1 aliphatic carbocycles. The number of amides is 1. The van der Waals surface area contributed by atoms with Gasteiger partial charge in [0.05, 0.1) is 21.8 Å². The van der Waals surface area contributed by atoms with Gasteiger partial charge in [0.15, 0.2) is 11.6 Å². The SMILES string of the molecule is C(=C\c1[se]c(-c2cccnc2)nc1-c1ccccc1)/c1ccccc1.C(=C\c1ccccc1)/C1=NC(c2cccnc2)=NC1c1ccccc1.C(=C\c1oc(-c2cccnc2)nc1-c1ccccc1)/c1ccccc1.C(=C\c1sc(-c2cccnc2)nc1-c1ccccc1)/c1ccccc1.O=C(Nc1ccccc1)C1=CC(c2cccnc2)C=C1c1ccccc1. The molecule has 1 amide bonds. The maximum absolute atomic E-state index is 12.9. The number of oxazole rings is 1. The largest absolute Gasteiger partial charge is 0.436 e. The second-order valence-corrected chi connectivity index (χ2v) is 31.9. The predicted octanol–water partition coefficient (Wildman–Crippen LogP) is 26.2. The summed E-state index contributed by atoms with van der Waals surface area (Å²) in [7, 11) is 0. The molecule has 0 bridgehead atoms. The second kappa shape index (κ2) is 43.5. The third kappa shape index (κ3) is 23.0. The van der Waals surface area contributed by atoms with E-state index in [0.29, 0.717) is 11.5 Å². The smallest absolute Gasteiger partial charge is 0.255 e. The number of rotatable bonds is 20. The minimum Gasteiger partial charge on any atom is -0.436 e. The molecular formula is C111H83N11O2SSe. The Labute approximate surface area is 743 Å². The average molecular weight is 1710 g/mol. The zero-order valence-corrected chi connectivity index (χ0v) is 71.0. The van der Waals surface area contributed by atoms with E-state index < -0.39 is 0 Å². The Kier molecular flexibility index (Phi) is 28.8. The van der Waals surface area contributed by atoms with Gasteiger partial charge in [-0.3, -0.25) is 29.7 Å². The van der Waals surface area contributed by atoms with Gasteiger partial charge < -0.3 is 9.73 Å². The molecule has 13 nitrogen and oxygen atoms in total. The van der Waals surface area contributed by atoms with Gasteiger partial charge in [-0.05, 0) is 112 Å². The monoisotopic (exact) mass is 1710 g/mol. The second-order valence-electron chi connectivity index (χ2n) is 28.7. The first-order chi connectivity index (χ1) is 62.4. The van der Waals surface area contributed by atoms with Crippen LogP contribution >= 0.6 is 11.3 Å². The van der Waals surface area contributed by atoms with E-state index in [-0.39, 0.29) is 32.4 Å². The van der Waals surface area contributed by atoms with Gasteiger partial charge in [-0.25, -0.2) is 15.0 Å². The summed E-state index contributed by atoms with van der Waals surface area (Å²) in [6.07, 6.45) is 38.9. The number of nitrogens with one attached hydrogen (secondary N) is 1. The van der Waals surface area contributed by atoms with E-state index in [9.17, 15) is 4.79 Å². The Hall–Kier alpha value is -16.0. The fourth-order valence-corrected chi connectivity index (χ4v) is 16.8. The van der Waals surface area contributed by atoms with Crippen molar-refractivity contribution in [2.24, 2.45) is 9.98 Å². The number of para-hydroxylation sites is 1. The van der Waals surface area contributed by atoms with Crippen LogP contribution in [0.4, 0.5) is 5.69 Å². The Morgan fingerprint density at radius 2 is 0.770 bits per heavy atom. The van der Waals surface area contributed by atoms with Crippen molar-refractivity contribution >= 4 is 97.1 Å². The standard InChI is InChI=1S/C23H18N2O.C22H17N3.C22H16N2O.C22H16N2S.C22H16N2Se/c26-23(25-20-11-5-2-6-12-20)22-15-19(18-10-7-13-24-16-18)14-21(22)17-8-3-1-4-9-17;1-3-8-17(9-4-1)13-14-20-21(18-10-5-2-6-11-18)25-22(24-20)19-12-7-15-23-16-19;3*1-3-8-17(9-4-1)13-14-20-21(18-10-5-2-6-11-18)24-22(25-20)19-12-7-15-23-16-19/h1-16,19H,(H,25,26);1-16,21H;3*1-16H/b;4*14-13+. The molecule has 2 aliphatic rings. The van der Waals surface area contributed by atoms with Crippen LogP contribution in [0.2, 0.25) is 0 Å². The van der Waals surface area contributed by atoms with Crippen molar-refractivity contribution in [2.45, 2.75) is 12.0 Å². The number of hydrogen-bond acceptors (Lipinski definition) is 13. The quantitative estimate of drug-likeness (QED) is 0.0725.